The Kier molecular flexibility index (Phi) is 57.0. The van der Waals surface area contributed by atoms with Gasteiger partial charge in [-0.1, -0.05) is 329 Å². The fraction of sp³-hybridized carbons (Fsp3) is 0.953. The molecule has 0 saturated heterocycles. The van der Waals surface area contributed by atoms with Gasteiger partial charge in [-0.2, -0.15) is 0 Å². The number of hydrogen-bond acceptors (Lipinski definition) is 6. The molecular weight excluding hydrogens is 865 g/mol. The molecule has 0 bridgehead atoms. The lowest BCUT2D eigenvalue weighted by molar-refractivity contribution is -0.167. The Hall–Kier alpha value is -1.59. The van der Waals surface area contributed by atoms with Crippen LogP contribution in [0.1, 0.15) is 368 Å². The van der Waals surface area contributed by atoms with Crippen molar-refractivity contribution < 1.29 is 28.6 Å². The third-order valence-electron chi connectivity index (χ3n) is 15.2. The molecule has 0 amide bonds. The first-order valence-corrected chi connectivity index (χ1v) is 31.9. The maximum atomic E-state index is 12.9. The van der Waals surface area contributed by atoms with Crippen molar-refractivity contribution in [1.82, 2.24) is 0 Å². The van der Waals surface area contributed by atoms with Crippen LogP contribution in [0.25, 0.3) is 0 Å². The SMILES string of the molecule is CCCCCCCCCCCCCCCCCCCCCC(=O)O[C@H](COC(=O)CCCCCCCCCCCCCCCCC)COC(=O)CCCCCCCCCCCCCCCCC(C)CC. The highest BCUT2D eigenvalue weighted by atomic mass is 16.6. The van der Waals surface area contributed by atoms with Crippen molar-refractivity contribution in [2.24, 2.45) is 5.92 Å². The second-order valence-corrected chi connectivity index (χ2v) is 22.3. The van der Waals surface area contributed by atoms with Gasteiger partial charge in [0.1, 0.15) is 13.2 Å². The second kappa shape index (κ2) is 58.3. The van der Waals surface area contributed by atoms with Gasteiger partial charge in [0.05, 0.1) is 0 Å². The molecule has 416 valence electrons. The van der Waals surface area contributed by atoms with Crippen molar-refractivity contribution in [3.63, 3.8) is 0 Å². The molecule has 0 aromatic rings. The highest BCUT2D eigenvalue weighted by Gasteiger charge is 2.19. The van der Waals surface area contributed by atoms with E-state index in [1.54, 1.807) is 0 Å². The van der Waals surface area contributed by atoms with Gasteiger partial charge in [-0.3, -0.25) is 14.4 Å². The van der Waals surface area contributed by atoms with Crippen LogP contribution in [-0.4, -0.2) is 37.2 Å². The number of esters is 3. The highest BCUT2D eigenvalue weighted by Crippen LogP contribution is 2.19. The summed E-state index contributed by atoms with van der Waals surface area (Å²) in [5.74, 6) is 0.0681. The van der Waals surface area contributed by atoms with Crippen molar-refractivity contribution in [3.05, 3.63) is 0 Å². The second-order valence-electron chi connectivity index (χ2n) is 22.3. The van der Waals surface area contributed by atoms with Crippen molar-refractivity contribution in [2.45, 2.75) is 374 Å². The summed E-state index contributed by atoms with van der Waals surface area (Å²) in [6.07, 6.45) is 65.2. The van der Waals surface area contributed by atoms with Gasteiger partial charge in [0.2, 0.25) is 0 Å². The van der Waals surface area contributed by atoms with E-state index in [2.05, 4.69) is 27.7 Å². The molecule has 2 atom stereocenters. The zero-order valence-corrected chi connectivity index (χ0v) is 48.0. The van der Waals surface area contributed by atoms with E-state index in [0.29, 0.717) is 19.3 Å². The van der Waals surface area contributed by atoms with Crippen LogP contribution in [0.2, 0.25) is 0 Å². The van der Waals surface area contributed by atoms with E-state index in [1.807, 2.05) is 0 Å². The number of ether oxygens (including phenoxy) is 3. The summed E-state index contributed by atoms with van der Waals surface area (Å²) >= 11 is 0. The van der Waals surface area contributed by atoms with E-state index in [4.69, 9.17) is 14.2 Å². The number of unbranched alkanes of at least 4 members (excludes halogenated alkanes) is 45. The Morgan fingerprint density at radius 1 is 0.286 bits per heavy atom. The Bertz CT molecular complexity index is 1060. The van der Waals surface area contributed by atoms with E-state index in [0.717, 1.165) is 63.7 Å². The molecule has 0 aromatic heterocycles. The molecule has 1 unspecified atom stereocenters. The molecule has 0 rings (SSSR count). The zero-order valence-electron chi connectivity index (χ0n) is 48.0. The van der Waals surface area contributed by atoms with Crippen molar-refractivity contribution >= 4 is 17.9 Å². The molecule has 0 aliphatic rings. The summed E-state index contributed by atoms with van der Waals surface area (Å²) in [5, 5.41) is 0. The summed E-state index contributed by atoms with van der Waals surface area (Å²) in [4.78, 5) is 38.3. The van der Waals surface area contributed by atoms with Gasteiger partial charge < -0.3 is 14.2 Å². The van der Waals surface area contributed by atoms with Crippen LogP contribution < -0.4 is 0 Å². The first kappa shape index (κ1) is 68.4. The van der Waals surface area contributed by atoms with Gasteiger partial charge in [-0.25, -0.2) is 0 Å². The van der Waals surface area contributed by atoms with E-state index < -0.39 is 6.10 Å². The molecule has 0 radical (unpaired) electrons. The predicted molar refractivity (Wildman–Crippen MR) is 303 cm³/mol. The molecule has 0 fully saturated rings. The van der Waals surface area contributed by atoms with Crippen molar-refractivity contribution in [2.75, 3.05) is 13.2 Å². The molecule has 0 spiro atoms. The van der Waals surface area contributed by atoms with Crippen molar-refractivity contribution in [1.29, 1.82) is 0 Å². The lowest BCUT2D eigenvalue weighted by Gasteiger charge is -2.18. The first-order chi connectivity index (χ1) is 34.4. The molecule has 70 heavy (non-hydrogen) atoms. The Balaban J connectivity index is 4.28. The first-order valence-electron chi connectivity index (χ1n) is 31.9. The van der Waals surface area contributed by atoms with Crippen LogP contribution in [-0.2, 0) is 28.6 Å². The van der Waals surface area contributed by atoms with E-state index in [9.17, 15) is 14.4 Å². The van der Waals surface area contributed by atoms with Crippen LogP contribution >= 0.6 is 0 Å². The van der Waals surface area contributed by atoms with Gasteiger partial charge >= 0.3 is 17.9 Å². The number of carbonyl (C=O) groups excluding carboxylic acids is 3. The maximum Gasteiger partial charge on any atom is 0.306 e. The topological polar surface area (TPSA) is 78.9 Å². The smallest absolute Gasteiger partial charge is 0.306 e. The monoisotopic (exact) mass is 989 g/mol. The lowest BCUT2D eigenvalue weighted by Crippen LogP contribution is -2.30. The van der Waals surface area contributed by atoms with E-state index >= 15 is 0 Å². The predicted octanol–water partition coefficient (Wildman–Crippen LogP) is 21.4. The molecular formula is C64H124O6. The molecule has 0 heterocycles. The fourth-order valence-electron chi connectivity index (χ4n) is 9.95. The average Bonchev–Trinajstić information content (AvgIpc) is 3.36. The maximum absolute atomic E-state index is 12.9. The summed E-state index contributed by atoms with van der Waals surface area (Å²) in [7, 11) is 0. The van der Waals surface area contributed by atoms with E-state index in [1.165, 1.54) is 263 Å². The number of hydrogen-bond donors (Lipinski definition) is 0. The third-order valence-corrected chi connectivity index (χ3v) is 15.2. The van der Waals surface area contributed by atoms with Crippen LogP contribution in [0, 0.1) is 5.92 Å². The van der Waals surface area contributed by atoms with Gasteiger partial charge in [-0.05, 0) is 25.2 Å². The Morgan fingerprint density at radius 3 is 0.743 bits per heavy atom. The van der Waals surface area contributed by atoms with Crippen LogP contribution in [0.15, 0.2) is 0 Å². The summed E-state index contributed by atoms with van der Waals surface area (Å²) in [5.41, 5.74) is 0. The molecule has 6 nitrogen and oxygen atoms in total. The van der Waals surface area contributed by atoms with Crippen molar-refractivity contribution in [3.8, 4) is 0 Å². The zero-order chi connectivity index (χ0) is 50.9. The summed E-state index contributed by atoms with van der Waals surface area (Å²) in [6.45, 7) is 9.12. The number of rotatable bonds is 59. The summed E-state index contributed by atoms with van der Waals surface area (Å²) in [6, 6.07) is 0. The minimum atomic E-state index is -0.763. The number of carbonyl (C=O) groups is 3. The molecule has 6 heteroatoms. The van der Waals surface area contributed by atoms with Crippen LogP contribution in [0.5, 0.6) is 0 Å². The quantitative estimate of drug-likeness (QED) is 0.0343. The van der Waals surface area contributed by atoms with Gasteiger partial charge in [-0.15, -0.1) is 0 Å². The third kappa shape index (κ3) is 55.7. The lowest BCUT2D eigenvalue weighted by atomic mass is 9.99. The van der Waals surface area contributed by atoms with Crippen LogP contribution in [0.3, 0.4) is 0 Å². The standard InChI is InChI=1S/C64H124O6/c1-5-8-10-12-14-16-18-20-22-23-24-25-27-33-37-41-45-49-53-57-64(67)70-61(58-68-62(65)55-51-47-43-39-35-31-26-21-19-17-15-13-11-9-6-2)59-69-63(66)56-52-48-44-40-36-32-29-28-30-34-38-42-46-50-54-60(4)7-3/h60-61H,5-59H2,1-4H3/t60?,61-/m1/s1. The molecule has 0 aliphatic carbocycles. The largest absolute Gasteiger partial charge is 0.462 e. The molecule has 0 saturated carbocycles. The van der Waals surface area contributed by atoms with E-state index in [-0.39, 0.29) is 31.1 Å². The average molecular weight is 990 g/mol. The highest BCUT2D eigenvalue weighted by molar-refractivity contribution is 5.71. The summed E-state index contributed by atoms with van der Waals surface area (Å²) < 4.78 is 17.0. The normalized spacial score (nSPS) is 12.3. The molecule has 0 aromatic carbocycles. The minimum absolute atomic E-state index is 0.0612. The van der Waals surface area contributed by atoms with Gasteiger partial charge in [0.15, 0.2) is 6.10 Å². The van der Waals surface area contributed by atoms with Gasteiger partial charge in [0, 0.05) is 19.3 Å². The molecule has 0 aliphatic heterocycles. The van der Waals surface area contributed by atoms with Crippen LogP contribution in [0.4, 0.5) is 0 Å². The minimum Gasteiger partial charge on any atom is -0.462 e. The van der Waals surface area contributed by atoms with Gasteiger partial charge in [0.25, 0.3) is 0 Å². The molecule has 0 N–H and O–H groups in total. The Morgan fingerprint density at radius 2 is 0.500 bits per heavy atom. The fourth-order valence-corrected chi connectivity index (χ4v) is 9.95. The Labute approximate surface area is 438 Å².